The Morgan fingerprint density at radius 1 is 1.25 bits per heavy atom. The number of methoxy groups -OCH3 is 1. The number of hydrogen-bond donors (Lipinski definition) is 0. The van der Waals surface area contributed by atoms with E-state index in [0.29, 0.717) is 5.57 Å². The van der Waals surface area contributed by atoms with Crippen LogP contribution in [0.1, 0.15) is 25.3 Å². The molecule has 0 spiro atoms. The Labute approximate surface area is 117 Å². The number of allylic oxidation sites excluding steroid dienone is 1. The summed E-state index contributed by atoms with van der Waals surface area (Å²) >= 11 is 0. The number of rotatable bonds is 6. The second-order valence-electron chi connectivity index (χ2n) is 3.98. The third-order valence-electron chi connectivity index (χ3n) is 2.62. The molecule has 5 heteroatoms. The normalized spacial score (nSPS) is 11.1. The molecule has 0 saturated heterocycles. The topological polar surface area (TPSA) is 52.6 Å². The first-order chi connectivity index (χ1) is 9.58. The van der Waals surface area contributed by atoms with Gasteiger partial charge in [0.25, 0.3) is 0 Å². The van der Waals surface area contributed by atoms with Crippen LogP contribution in [0.15, 0.2) is 30.3 Å². The third kappa shape index (κ3) is 4.84. The van der Waals surface area contributed by atoms with E-state index in [1.54, 1.807) is 25.1 Å². The first-order valence-corrected chi connectivity index (χ1v) is 6.27. The minimum absolute atomic E-state index is 0.0655. The largest absolute Gasteiger partial charge is 0.469 e. The molecular formula is C15H17FO4. The molecule has 0 amide bonds. The van der Waals surface area contributed by atoms with E-state index < -0.39 is 17.8 Å². The number of ether oxygens (including phenoxy) is 2. The van der Waals surface area contributed by atoms with E-state index >= 15 is 0 Å². The van der Waals surface area contributed by atoms with Crippen molar-refractivity contribution in [2.24, 2.45) is 0 Å². The molecule has 0 fully saturated rings. The summed E-state index contributed by atoms with van der Waals surface area (Å²) in [7, 11) is 1.28. The van der Waals surface area contributed by atoms with Crippen LogP contribution < -0.4 is 0 Å². The van der Waals surface area contributed by atoms with Gasteiger partial charge < -0.3 is 9.47 Å². The zero-order chi connectivity index (χ0) is 15.0. The summed E-state index contributed by atoms with van der Waals surface area (Å²) in [4.78, 5) is 22.7. The Balaban J connectivity index is 2.98. The molecule has 4 nitrogen and oxygen atoms in total. The Hall–Kier alpha value is -2.17. The van der Waals surface area contributed by atoms with E-state index in [9.17, 15) is 14.0 Å². The summed E-state index contributed by atoms with van der Waals surface area (Å²) < 4.78 is 23.1. The molecule has 0 N–H and O–H groups in total. The van der Waals surface area contributed by atoms with Crippen molar-refractivity contribution in [1.29, 1.82) is 0 Å². The molecule has 0 heterocycles. The van der Waals surface area contributed by atoms with Gasteiger partial charge in [0, 0.05) is 18.1 Å². The van der Waals surface area contributed by atoms with Crippen LogP contribution in [0.25, 0.3) is 5.57 Å². The summed E-state index contributed by atoms with van der Waals surface area (Å²) in [5.41, 5.74) is 0.691. The summed E-state index contributed by atoms with van der Waals surface area (Å²) in [5.74, 6) is -1.43. The highest BCUT2D eigenvalue weighted by Crippen LogP contribution is 2.23. The molecule has 0 radical (unpaired) electrons. The van der Waals surface area contributed by atoms with Crippen molar-refractivity contribution in [1.82, 2.24) is 0 Å². The number of halogens is 1. The maximum Gasteiger partial charge on any atom is 0.331 e. The quantitative estimate of drug-likeness (QED) is 0.594. The van der Waals surface area contributed by atoms with E-state index in [2.05, 4.69) is 4.74 Å². The smallest absolute Gasteiger partial charge is 0.331 e. The van der Waals surface area contributed by atoms with Crippen molar-refractivity contribution < 1.29 is 23.5 Å². The maximum absolute atomic E-state index is 13.8. The highest BCUT2D eigenvalue weighted by molar-refractivity contribution is 5.92. The van der Waals surface area contributed by atoms with Crippen molar-refractivity contribution >= 4 is 17.5 Å². The molecule has 0 unspecified atom stereocenters. The fraction of sp³-hybridized carbons (Fsp3) is 0.333. The van der Waals surface area contributed by atoms with Crippen molar-refractivity contribution in [2.75, 3.05) is 13.7 Å². The van der Waals surface area contributed by atoms with Crippen molar-refractivity contribution in [3.63, 3.8) is 0 Å². The van der Waals surface area contributed by atoms with Gasteiger partial charge in [0.05, 0.1) is 13.7 Å². The van der Waals surface area contributed by atoms with Crippen LogP contribution in [0.5, 0.6) is 0 Å². The summed E-state index contributed by atoms with van der Waals surface area (Å²) in [5, 5.41) is 0. The van der Waals surface area contributed by atoms with Crippen molar-refractivity contribution in [3.05, 3.63) is 41.7 Å². The highest BCUT2D eigenvalue weighted by atomic mass is 19.1. The van der Waals surface area contributed by atoms with E-state index in [4.69, 9.17) is 4.74 Å². The first kappa shape index (κ1) is 15.9. The fourth-order valence-electron chi connectivity index (χ4n) is 1.67. The molecule has 108 valence electrons. The van der Waals surface area contributed by atoms with E-state index in [1.807, 2.05) is 0 Å². The van der Waals surface area contributed by atoms with Gasteiger partial charge in [-0.15, -0.1) is 0 Å². The van der Waals surface area contributed by atoms with Crippen LogP contribution in [0, 0.1) is 5.82 Å². The van der Waals surface area contributed by atoms with Crippen LogP contribution in [-0.2, 0) is 19.1 Å². The van der Waals surface area contributed by atoms with Gasteiger partial charge in [-0.05, 0) is 25.0 Å². The average Bonchev–Trinajstić information content (AvgIpc) is 2.44. The molecule has 0 aromatic heterocycles. The molecule has 0 atom stereocenters. The molecule has 0 aliphatic rings. The van der Waals surface area contributed by atoms with Gasteiger partial charge in [0.2, 0.25) is 0 Å². The van der Waals surface area contributed by atoms with E-state index in [-0.39, 0.29) is 25.0 Å². The van der Waals surface area contributed by atoms with Gasteiger partial charge in [-0.3, -0.25) is 4.79 Å². The Bertz CT molecular complexity index is 508. The highest BCUT2D eigenvalue weighted by Gasteiger charge is 2.12. The van der Waals surface area contributed by atoms with Crippen LogP contribution in [0.4, 0.5) is 4.39 Å². The van der Waals surface area contributed by atoms with Gasteiger partial charge in [-0.1, -0.05) is 18.2 Å². The van der Waals surface area contributed by atoms with Gasteiger partial charge in [0.1, 0.15) is 5.82 Å². The monoisotopic (exact) mass is 280 g/mol. The Kier molecular flexibility index (Phi) is 6.43. The number of carbonyl (C=O) groups is 2. The van der Waals surface area contributed by atoms with Crippen LogP contribution in [0.3, 0.4) is 0 Å². The lowest BCUT2D eigenvalue weighted by atomic mass is 10.00. The molecule has 0 bridgehead atoms. The fourth-order valence-corrected chi connectivity index (χ4v) is 1.67. The SMILES string of the molecule is CCOC(=O)/C=C(\CCC(=O)OC)c1ccccc1F. The summed E-state index contributed by atoms with van der Waals surface area (Å²) in [6.07, 6.45) is 1.48. The molecule has 20 heavy (non-hydrogen) atoms. The summed E-state index contributed by atoms with van der Waals surface area (Å²) in [6.45, 7) is 1.92. The number of benzene rings is 1. The lowest BCUT2D eigenvalue weighted by molar-refractivity contribution is -0.140. The summed E-state index contributed by atoms with van der Waals surface area (Å²) in [6, 6.07) is 6.07. The molecule has 0 aliphatic heterocycles. The van der Waals surface area contributed by atoms with Crippen LogP contribution in [-0.4, -0.2) is 25.7 Å². The second-order valence-corrected chi connectivity index (χ2v) is 3.98. The van der Waals surface area contributed by atoms with Crippen LogP contribution >= 0.6 is 0 Å². The molecule has 1 aromatic carbocycles. The van der Waals surface area contributed by atoms with Gasteiger partial charge >= 0.3 is 11.9 Å². The maximum atomic E-state index is 13.8. The predicted octanol–water partition coefficient (Wildman–Crippen LogP) is 2.73. The van der Waals surface area contributed by atoms with Crippen molar-refractivity contribution in [3.8, 4) is 0 Å². The molecule has 0 aliphatic carbocycles. The van der Waals surface area contributed by atoms with Gasteiger partial charge in [0.15, 0.2) is 0 Å². The Morgan fingerprint density at radius 2 is 1.95 bits per heavy atom. The zero-order valence-electron chi connectivity index (χ0n) is 11.5. The number of carbonyl (C=O) groups excluding carboxylic acids is 2. The minimum atomic E-state index is -0.560. The van der Waals surface area contributed by atoms with E-state index in [1.165, 1.54) is 19.3 Å². The third-order valence-corrected chi connectivity index (χ3v) is 2.62. The average molecular weight is 280 g/mol. The van der Waals surface area contributed by atoms with Crippen molar-refractivity contribution in [2.45, 2.75) is 19.8 Å². The van der Waals surface area contributed by atoms with Crippen LogP contribution in [0.2, 0.25) is 0 Å². The molecule has 0 saturated carbocycles. The molecule has 1 rings (SSSR count). The number of esters is 2. The van der Waals surface area contributed by atoms with E-state index in [0.717, 1.165) is 0 Å². The van der Waals surface area contributed by atoms with Gasteiger partial charge in [-0.25, -0.2) is 9.18 Å². The first-order valence-electron chi connectivity index (χ1n) is 6.27. The molecular weight excluding hydrogens is 263 g/mol. The number of hydrogen-bond acceptors (Lipinski definition) is 4. The standard InChI is InChI=1S/C15H17FO4/c1-3-20-15(18)10-11(8-9-14(17)19-2)12-6-4-5-7-13(12)16/h4-7,10H,3,8-9H2,1-2H3/b11-10+. The lowest BCUT2D eigenvalue weighted by Crippen LogP contribution is -2.04. The zero-order valence-corrected chi connectivity index (χ0v) is 11.5. The Morgan fingerprint density at radius 3 is 2.55 bits per heavy atom. The van der Waals surface area contributed by atoms with Gasteiger partial charge in [-0.2, -0.15) is 0 Å². The molecule has 1 aromatic rings. The second kappa shape index (κ2) is 8.09. The lowest BCUT2D eigenvalue weighted by Gasteiger charge is -2.08. The minimum Gasteiger partial charge on any atom is -0.469 e. The predicted molar refractivity (Wildman–Crippen MR) is 72.3 cm³/mol.